The third-order valence-electron chi connectivity index (χ3n) is 5.93. The predicted molar refractivity (Wildman–Crippen MR) is 108 cm³/mol. The molecule has 7 heteroatoms. The monoisotopic (exact) mass is 402 g/mol. The molecule has 2 aliphatic heterocycles. The molecule has 0 radical (unpaired) electrons. The van der Waals surface area contributed by atoms with Gasteiger partial charge in [-0.3, -0.25) is 14.5 Å². The minimum absolute atomic E-state index is 0.0965. The van der Waals surface area contributed by atoms with Crippen molar-refractivity contribution in [3.63, 3.8) is 0 Å². The number of likely N-dealkylation sites (tertiary alicyclic amines) is 1. The average Bonchev–Trinajstić information content (AvgIpc) is 3.05. The van der Waals surface area contributed by atoms with Crippen molar-refractivity contribution in [2.45, 2.75) is 57.7 Å². The smallest absolute Gasteiger partial charge is 0.310 e. The lowest BCUT2D eigenvalue weighted by Crippen LogP contribution is -2.43. The summed E-state index contributed by atoms with van der Waals surface area (Å²) in [5.74, 6) is 0.529. The predicted octanol–water partition coefficient (Wildman–Crippen LogP) is 3.33. The second kappa shape index (κ2) is 8.61. The van der Waals surface area contributed by atoms with E-state index >= 15 is 0 Å². The van der Waals surface area contributed by atoms with Gasteiger partial charge in [0.2, 0.25) is 5.91 Å². The zero-order valence-corrected chi connectivity index (χ0v) is 17.1. The maximum atomic E-state index is 12.5. The molecular weight excluding hydrogens is 372 g/mol. The van der Waals surface area contributed by atoms with E-state index in [4.69, 9.17) is 14.2 Å². The molecule has 2 heterocycles. The molecule has 1 atom stereocenters. The van der Waals surface area contributed by atoms with E-state index in [1.165, 1.54) is 6.42 Å². The summed E-state index contributed by atoms with van der Waals surface area (Å²) in [5.41, 5.74) is 0.698. The van der Waals surface area contributed by atoms with E-state index in [9.17, 15) is 9.59 Å². The number of anilines is 1. The molecule has 1 N–H and O–H groups in total. The largest absolute Gasteiger partial charge is 0.466 e. The van der Waals surface area contributed by atoms with Crippen molar-refractivity contribution >= 4 is 17.6 Å². The third kappa shape index (κ3) is 4.66. The van der Waals surface area contributed by atoms with Gasteiger partial charge in [-0.15, -0.1) is 0 Å². The zero-order valence-electron chi connectivity index (χ0n) is 17.1. The highest BCUT2D eigenvalue weighted by Gasteiger charge is 2.42. The topological polar surface area (TPSA) is 77.1 Å². The average molecular weight is 402 g/mol. The van der Waals surface area contributed by atoms with Gasteiger partial charge in [-0.25, -0.2) is 0 Å². The number of esters is 1. The summed E-state index contributed by atoms with van der Waals surface area (Å²) in [6.07, 6.45) is 6.96. The van der Waals surface area contributed by atoms with Crippen LogP contribution in [0.3, 0.4) is 0 Å². The van der Waals surface area contributed by atoms with Gasteiger partial charge in [0.25, 0.3) is 5.79 Å². The Bertz CT molecular complexity index is 760. The Kier molecular flexibility index (Phi) is 5.94. The summed E-state index contributed by atoms with van der Waals surface area (Å²) in [4.78, 5) is 26.5. The summed E-state index contributed by atoms with van der Waals surface area (Å²) in [6.45, 7) is 3.84. The van der Waals surface area contributed by atoms with E-state index in [0.717, 1.165) is 50.8 Å². The molecule has 7 nitrogen and oxygen atoms in total. The molecule has 1 amide bonds. The van der Waals surface area contributed by atoms with Crippen LogP contribution in [0.25, 0.3) is 0 Å². The van der Waals surface area contributed by atoms with Gasteiger partial charge >= 0.3 is 5.97 Å². The number of carbonyl (C=O) groups excluding carboxylic acids is 2. The summed E-state index contributed by atoms with van der Waals surface area (Å²) in [7, 11) is 0. The molecule has 4 rings (SSSR count). The van der Waals surface area contributed by atoms with Crippen LogP contribution in [0.15, 0.2) is 18.2 Å². The van der Waals surface area contributed by atoms with Crippen LogP contribution in [0.2, 0.25) is 0 Å². The molecule has 1 aromatic rings. The normalized spacial score (nSPS) is 23.0. The molecule has 3 aliphatic rings. The fourth-order valence-corrected chi connectivity index (χ4v) is 4.52. The van der Waals surface area contributed by atoms with E-state index < -0.39 is 5.79 Å². The van der Waals surface area contributed by atoms with Crippen LogP contribution in [0.1, 0.15) is 51.9 Å². The van der Waals surface area contributed by atoms with Crippen LogP contribution < -0.4 is 14.8 Å². The van der Waals surface area contributed by atoms with Crippen LogP contribution in [0.4, 0.5) is 5.69 Å². The number of benzene rings is 1. The number of piperidine rings is 1. The fourth-order valence-electron chi connectivity index (χ4n) is 4.52. The third-order valence-corrected chi connectivity index (χ3v) is 5.93. The first-order valence-corrected chi connectivity index (χ1v) is 10.8. The lowest BCUT2D eigenvalue weighted by Gasteiger charge is -2.31. The number of carbonyl (C=O) groups is 2. The zero-order chi connectivity index (χ0) is 20.3. The lowest BCUT2D eigenvalue weighted by molar-refractivity contribution is -0.150. The van der Waals surface area contributed by atoms with Gasteiger partial charge in [0.15, 0.2) is 11.5 Å². The number of hydrogen-bond donors (Lipinski definition) is 1. The van der Waals surface area contributed by atoms with Crippen LogP contribution in [-0.2, 0) is 14.3 Å². The molecule has 0 aromatic heterocycles. The molecule has 1 saturated heterocycles. The maximum absolute atomic E-state index is 12.5. The molecule has 158 valence electrons. The lowest BCUT2D eigenvalue weighted by atomic mass is 9.94. The van der Waals surface area contributed by atoms with Gasteiger partial charge in [0, 0.05) is 31.1 Å². The first kappa shape index (κ1) is 20.0. The summed E-state index contributed by atoms with van der Waals surface area (Å²) in [6, 6.07) is 5.56. The number of amides is 1. The van der Waals surface area contributed by atoms with Crippen molar-refractivity contribution in [1.29, 1.82) is 0 Å². The van der Waals surface area contributed by atoms with Gasteiger partial charge in [-0.05, 0) is 51.3 Å². The molecule has 2 fully saturated rings. The fraction of sp³-hybridized carbons (Fsp3) is 0.636. The number of ether oxygens (including phenoxy) is 3. The Morgan fingerprint density at radius 2 is 1.97 bits per heavy atom. The molecule has 1 aliphatic carbocycles. The molecule has 0 unspecified atom stereocenters. The van der Waals surface area contributed by atoms with Crippen molar-refractivity contribution in [3.05, 3.63) is 18.2 Å². The van der Waals surface area contributed by atoms with Crippen LogP contribution in [-0.4, -0.2) is 48.8 Å². The molecule has 29 heavy (non-hydrogen) atoms. The van der Waals surface area contributed by atoms with Gasteiger partial charge in [-0.2, -0.15) is 0 Å². The number of hydrogen-bond acceptors (Lipinski definition) is 6. The second-order valence-corrected chi connectivity index (χ2v) is 8.21. The SMILES string of the molecule is CCOC(=O)[C@@H]1CCCN(CC(=O)Nc2ccc3c(c2)OC2(CCCCC2)O3)C1. The van der Waals surface area contributed by atoms with E-state index in [1.807, 2.05) is 30.0 Å². The standard InChI is InChI=1S/C22H30N2O5/c1-2-27-21(26)16-7-6-12-24(14-16)15-20(25)23-17-8-9-18-19(13-17)29-22(28-18)10-4-3-5-11-22/h8-9,13,16H,2-7,10-12,14-15H2,1H3,(H,23,25)/t16-/m1/s1. The first-order valence-electron chi connectivity index (χ1n) is 10.8. The van der Waals surface area contributed by atoms with Crippen molar-refractivity contribution in [2.75, 3.05) is 31.6 Å². The second-order valence-electron chi connectivity index (χ2n) is 8.21. The van der Waals surface area contributed by atoms with E-state index in [0.29, 0.717) is 24.6 Å². The van der Waals surface area contributed by atoms with Gasteiger partial charge in [-0.1, -0.05) is 6.42 Å². The van der Waals surface area contributed by atoms with Crippen molar-refractivity contribution in [1.82, 2.24) is 4.90 Å². The Labute approximate surface area is 171 Å². The molecule has 1 saturated carbocycles. The van der Waals surface area contributed by atoms with Crippen LogP contribution in [0, 0.1) is 5.92 Å². The minimum Gasteiger partial charge on any atom is -0.466 e. The van der Waals surface area contributed by atoms with Gasteiger partial charge in [0.1, 0.15) is 0 Å². The summed E-state index contributed by atoms with van der Waals surface area (Å²) >= 11 is 0. The highest BCUT2D eigenvalue weighted by atomic mass is 16.7. The molecule has 1 spiro atoms. The van der Waals surface area contributed by atoms with E-state index in [-0.39, 0.29) is 24.3 Å². The van der Waals surface area contributed by atoms with E-state index in [1.54, 1.807) is 0 Å². The van der Waals surface area contributed by atoms with E-state index in [2.05, 4.69) is 5.32 Å². The van der Waals surface area contributed by atoms with Crippen LogP contribution in [0.5, 0.6) is 11.5 Å². The number of nitrogens with zero attached hydrogens (tertiary/aromatic N) is 1. The Balaban J connectivity index is 1.32. The summed E-state index contributed by atoms with van der Waals surface area (Å²) < 4.78 is 17.3. The number of nitrogens with one attached hydrogen (secondary N) is 1. The van der Waals surface area contributed by atoms with Crippen molar-refractivity contribution < 1.29 is 23.8 Å². The number of fused-ring (bicyclic) bond motifs is 1. The van der Waals surface area contributed by atoms with Crippen LogP contribution >= 0.6 is 0 Å². The number of rotatable bonds is 5. The van der Waals surface area contributed by atoms with Crippen molar-refractivity contribution in [2.24, 2.45) is 5.92 Å². The Morgan fingerprint density at radius 1 is 1.17 bits per heavy atom. The highest BCUT2D eigenvalue weighted by molar-refractivity contribution is 5.92. The van der Waals surface area contributed by atoms with Gasteiger partial charge < -0.3 is 19.5 Å². The Morgan fingerprint density at radius 3 is 2.76 bits per heavy atom. The first-order chi connectivity index (χ1) is 14.1. The van der Waals surface area contributed by atoms with Crippen molar-refractivity contribution in [3.8, 4) is 11.5 Å². The summed E-state index contributed by atoms with van der Waals surface area (Å²) in [5, 5.41) is 2.95. The quantitative estimate of drug-likeness (QED) is 0.762. The molecular formula is C22H30N2O5. The molecule has 1 aromatic carbocycles. The minimum atomic E-state index is -0.515. The Hall–Kier alpha value is -2.28. The van der Waals surface area contributed by atoms with Gasteiger partial charge in [0.05, 0.1) is 19.1 Å². The molecule has 0 bridgehead atoms. The maximum Gasteiger partial charge on any atom is 0.310 e. The highest BCUT2D eigenvalue weighted by Crippen LogP contribution is 2.46.